The summed E-state index contributed by atoms with van der Waals surface area (Å²) in [4.78, 5) is 26.5. The van der Waals surface area contributed by atoms with Crippen LogP contribution in [-0.2, 0) is 4.74 Å². The van der Waals surface area contributed by atoms with Gasteiger partial charge in [0.05, 0.1) is 0 Å². The van der Waals surface area contributed by atoms with Gasteiger partial charge < -0.3 is 0 Å². The van der Waals surface area contributed by atoms with Crippen molar-refractivity contribution in [2.24, 2.45) is 0 Å². The van der Waals surface area contributed by atoms with Gasteiger partial charge in [0.1, 0.15) is 0 Å². The molecule has 1 saturated heterocycles. The van der Waals surface area contributed by atoms with Crippen LogP contribution in [0.3, 0.4) is 0 Å². The molecule has 4 atom stereocenters. The number of hydrogen-bond donors (Lipinski definition) is 3. The van der Waals surface area contributed by atoms with Crippen molar-refractivity contribution in [1.82, 2.24) is 14.9 Å². The minimum absolute atomic E-state index is 0.0356. The first-order valence-corrected chi connectivity index (χ1v) is 10.9. The molecule has 8 heteroatoms. The van der Waals surface area contributed by atoms with E-state index in [1.165, 1.54) is 15.2 Å². The Kier molecular flexibility index (Phi) is 6.69. The van der Waals surface area contributed by atoms with E-state index in [0.717, 1.165) is 5.57 Å². The van der Waals surface area contributed by atoms with Crippen LogP contribution in [0.25, 0.3) is 0 Å². The van der Waals surface area contributed by atoms with Crippen molar-refractivity contribution in [1.29, 1.82) is 0 Å². The molecule has 0 saturated carbocycles. The van der Waals surface area contributed by atoms with Crippen LogP contribution in [0.4, 0.5) is 0 Å². The first-order chi connectivity index (χ1) is 13.4. The number of H-pyrrole nitrogens is 1. The number of ether oxygens (including phenoxy) is 1. The maximum absolute atomic E-state index is 12.5. The number of aromatic amines is 1. The van der Waals surface area contributed by atoms with Crippen molar-refractivity contribution >= 4 is 19.4 Å². The summed E-state index contributed by atoms with van der Waals surface area (Å²) < 4.78 is 8.73. The summed E-state index contributed by atoms with van der Waals surface area (Å²) in [5.41, 5.74) is 0.503. The van der Waals surface area contributed by atoms with E-state index in [1.807, 2.05) is 25.1 Å². The molecular formula is C20H25N3O4Se. The average Bonchev–Trinajstić information content (AvgIpc) is 3.01. The van der Waals surface area contributed by atoms with E-state index >= 15 is 0 Å². The molecule has 7 nitrogen and oxygen atoms in total. The maximum atomic E-state index is 12.5. The van der Waals surface area contributed by atoms with Crippen LogP contribution in [0.1, 0.15) is 18.7 Å². The van der Waals surface area contributed by atoms with Gasteiger partial charge in [0.15, 0.2) is 0 Å². The molecule has 0 spiro atoms. The number of nitrogens with one attached hydrogen (secondary N) is 2. The van der Waals surface area contributed by atoms with Crippen LogP contribution in [0.2, 0.25) is 4.82 Å². The predicted molar refractivity (Wildman–Crippen MR) is 109 cm³/mol. The number of aromatic nitrogens is 2. The molecule has 1 aliphatic rings. The average molecular weight is 450 g/mol. The second-order valence-corrected chi connectivity index (χ2v) is 9.61. The van der Waals surface area contributed by atoms with Crippen LogP contribution < -0.4 is 21.0 Å². The van der Waals surface area contributed by atoms with Crippen molar-refractivity contribution in [2.75, 3.05) is 13.2 Å². The van der Waals surface area contributed by atoms with Gasteiger partial charge in [0.25, 0.3) is 0 Å². The van der Waals surface area contributed by atoms with Crippen LogP contribution in [-0.4, -0.2) is 54.9 Å². The molecule has 1 aromatic heterocycles. The molecule has 2 aromatic rings. The minimum atomic E-state index is -0.581. The van der Waals surface area contributed by atoms with E-state index in [9.17, 15) is 14.7 Å². The van der Waals surface area contributed by atoms with E-state index in [1.54, 1.807) is 6.92 Å². The number of nitrogens with zero attached hydrogens (tertiary/aromatic N) is 1. The Morgan fingerprint density at radius 1 is 1.36 bits per heavy atom. The van der Waals surface area contributed by atoms with Gasteiger partial charge in [-0.15, -0.1) is 0 Å². The van der Waals surface area contributed by atoms with Crippen molar-refractivity contribution in [3.8, 4) is 0 Å². The molecular weight excluding hydrogens is 425 g/mol. The molecule has 28 heavy (non-hydrogen) atoms. The van der Waals surface area contributed by atoms with Crippen LogP contribution >= 0.6 is 0 Å². The summed E-state index contributed by atoms with van der Waals surface area (Å²) in [5, 5.41) is 13.3. The van der Waals surface area contributed by atoms with Gasteiger partial charge in [-0.1, -0.05) is 0 Å². The van der Waals surface area contributed by atoms with Crippen molar-refractivity contribution < 1.29 is 9.84 Å². The van der Waals surface area contributed by atoms with Crippen LogP contribution in [0.5, 0.6) is 0 Å². The van der Waals surface area contributed by atoms with Crippen LogP contribution in [0, 0.1) is 6.92 Å². The van der Waals surface area contributed by atoms with Crippen molar-refractivity contribution in [3.05, 3.63) is 75.1 Å². The summed E-state index contributed by atoms with van der Waals surface area (Å²) in [6.07, 6.45) is 0.497. The summed E-state index contributed by atoms with van der Waals surface area (Å²) >= 11 is -0.0356. The molecule has 2 heterocycles. The third-order valence-corrected chi connectivity index (χ3v) is 7.42. The van der Waals surface area contributed by atoms with Crippen LogP contribution in [0.15, 0.2) is 58.3 Å². The Morgan fingerprint density at radius 3 is 2.71 bits per heavy atom. The van der Waals surface area contributed by atoms with E-state index in [4.69, 9.17) is 4.74 Å². The fourth-order valence-electron chi connectivity index (χ4n) is 3.21. The second kappa shape index (κ2) is 9.03. The van der Waals surface area contributed by atoms with E-state index in [-0.39, 0.29) is 32.4 Å². The summed E-state index contributed by atoms with van der Waals surface area (Å²) in [7, 11) is 0. The zero-order chi connectivity index (χ0) is 20.3. The number of rotatable bonds is 7. The number of hydrogen-bond acceptors (Lipinski definition) is 5. The molecule has 0 bridgehead atoms. The fourth-order valence-corrected chi connectivity index (χ4v) is 6.06. The standard InChI is InChI=1S/C20H25N3O4Se/c1-12(2)9-21-16-15(11-24)27-19(17(16)28-14-7-5-4-6-8-14)23-10-13(3)18(25)22-20(23)26/h4-8,10,15-17,19,21,24H,1,9,11H2,2-3H3,(H,22,25,26)/t15-,16-,17-,19-/m1/s1. The molecule has 0 unspecified atom stereocenters. The van der Waals surface area contributed by atoms with E-state index in [0.29, 0.717) is 12.1 Å². The number of aliphatic hydroxyl groups excluding tert-OH is 1. The van der Waals surface area contributed by atoms with Gasteiger partial charge in [0, 0.05) is 0 Å². The summed E-state index contributed by atoms with van der Waals surface area (Å²) in [6.45, 7) is 7.95. The number of aryl methyl sites for hydroxylation is 1. The second-order valence-electron chi connectivity index (χ2n) is 6.99. The Hall–Kier alpha value is -1.96. The predicted octanol–water partition coefficient (Wildman–Crippen LogP) is 0.0872. The van der Waals surface area contributed by atoms with Gasteiger partial charge in [-0.25, -0.2) is 0 Å². The zero-order valence-corrected chi connectivity index (χ0v) is 17.6. The molecule has 150 valence electrons. The van der Waals surface area contributed by atoms with Gasteiger partial charge in [0.2, 0.25) is 0 Å². The molecule has 0 radical (unpaired) electrons. The molecule has 3 rings (SSSR count). The van der Waals surface area contributed by atoms with Gasteiger partial charge >= 0.3 is 169 Å². The van der Waals surface area contributed by atoms with Gasteiger partial charge in [-0.3, -0.25) is 0 Å². The van der Waals surface area contributed by atoms with E-state index < -0.39 is 23.6 Å². The Labute approximate surface area is 169 Å². The Balaban J connectivity index is 2.01. The Bertz CT molecular complexity index is 940. The molecule has 0 amide bonds. The van der Waals surface area contributed by atoms with Crippen molar-refractivity contribution in [2.45, 2.75) is 37.0 Å². The Morgan fingerprint density at radius 2 is 2.07 bits per heavy atom. The molecule has 1 fully saturated rings. The topological polar surface area (TPSA) is 96.4 Å². The normalized spacial score (nSPS) is 24.4. The molecule has 1 aliphatic heterocycles. The number of benzene rings is 1. The van der Waals surface area contributed by atoms with Gasteiger partial charge in [-0.2, -0.15) is 0 Å². The molecule has 0 aliphatic carbocycles. The monoisotopic (exact) mass is 451 g/mol. The quantitative estimate of drug-likeness (QED) is 0.411. The van der Waals surface area contributed by atoms with Gasteiger partial charge in [-0.05, 0) is 0 Å². The summed E-state index contributed by atoms with van der Waals surface area (Å²) in [5.74, 6) is 0. The van der Waals surface area contributed by atoms with E-state index in [2.05, 4.69) is 29.0 Å². The SMILES string of the molecule is C=C(C)CN[C@H]1[C@@H]([Se]c2ccccc2)[C@H](n2cc(C)c(=O)[nH]c2=O)O[C@@H]1CO. The molecule has 1 aromatic carbocycles. The third kappa shape index (κ3) is 4.54. The molecule has 3 N–H and O–H groups in total. The van der Waals surface area contributed by atoms with Crippen molar-refractivity contribution in [3.63, 3.8) is 0 Å². The third-order valence-electron chi connectivity index (χ3n) is 4.60. The number of aliphatic hydroxyl groups is 1. The summed E-state index contributed by atoms with van der Waals surface area (Å²) in [6, 6.07) is 9.90. The zero-order valence-electron chi connectivity index (χ0n) is 15.9. The first-order valence-electron chi connectivity index (χ1n) is 9.08. The first kappa shape index (κ1) is 20.8. The fraction of sp³-hybridized carbons (Fsp3) is 0.400.